The topological polar surface area (TPSA) is 43.8 Å². The molecule has 0 radical (unpaired) electrons. The van der Waals surface area contributed by atoms with Crippen LogP contribution in [0.15, 0.2) is 91.0 Å². The highest BCUT2D eigenvalue weighted by Crippen LogP contribution is 2.39. The maximum absolute atomic E-state index is 14.3. The minimum atomic E-state index is -0.722. The summed E-state index contributed by atoms with van der Waals surface area (Å²) in [6.45, 7) is 5.49. The molecule has 196 valence electrons. The number of rotatable bonds is 6. The van der Waals surface area contributed by atoms with Crippen LogP contribution in [-0.4, -0.2) is 53.0 Å². The van der Waals surface area contributed by atoms with Gasteiger partial charge >= 0.3 is 0 Å². The molecule has 2 aliphatic rings. The van der Waals surface area contributed by atoms with Gasteiger partial charge in [-0.25, -0.2) is 0 Å². The number of hydrogen-bond acceptors (Lipinski definition) is 3. The highest BCUT2D eigenvalue weighted by atomic mass is 35.5. The number of hydrogen-bond donors (Lipinski definition) is 1. The molecule has 2 aliphatic heterocycles. The van der Waals surface area contributed by atoms with Gasteiger partial charge in [-0.15, -0.1) is 12.4 Å². The number of likely N-dealkylation sites (tertiary alicyclic amines) is 2. The van der Waals surface area contributed by atoms with E-state index >= 15 is 0 Å². The Hall–Kier alpha value is -2.66. The maximum atomic E-state index is 14.3. The van der Waals surface area contributed by atoms with E-state index in [-0.39, 0.29) is 18.3 Å². The zero-order valence-corrected chi connectivity index (χ0v) is 22.6. The van der Waals surface area contributed by atoms with Gasteiger partial charge in [0.1, 0.15) is 0 Å². The molecule has 5 heteroatoms. The van der Waals surface area contributed by atoms with E-state index in [9.17, 15) is 9.90 Å². The first-order chi connectivity index (χ1) is 17.6. The summed E-state index contributed by atoms with van der Waals surface area (Å²) in [4.78, 5) is 18.9. The number of piperidine rings is 2. The first-order valence-corrected chi connectivity index (χ1v) is 13.5. The summed E-state index contributed by atoms with van der Waals surface area (Å²) in [7, 11) is 0. The van der Waals surface area contributed by atoms with Crippen LogP contribution in [0.1, 0.15) is 55.7 Å². The van der Waals surface area contributed by atoms with Crippen LogP contribution in [0, 0.1) is 0 Å². The standard InChI is InChI=1S/C32H38N2O2.ClH/c1-2-32(27-14-8-4-9-15-27,28-16-10-5-11-17-28)30(35)34-22-18-29(19-23-34)33-24-20-31(36,21-25-33)26-12-6-3-7-13-26;/h3-17,29,36H,2,18-25H2,1H3;1H. The molecule has 2 heterocycles. The van der Waals surface area contributed by atoms with E-state index in [1.807, 2.05) is 66.7 Å². The molecule has 0 saturated carbocycles. The number of carbonyl (C=O) groups is 1. The first-order valence-electron chi connectivity index (χ1n) is 13.5. The molecule has 1 amide bonds. The number of carbonyl (C=O) groups excluding carboxylic acids is 1. The predicted molar refractivity (Wildman–Crippen MR) is 152 cm³/mol. The number of benzene rings is 3. The van der Waals surface area contributed by atoms with Crippen molar-refractivity contribution in [1.29, 1.82) is 0 Å². The minimum absolute atomic E-state index is 0. The van der Waals surface area contributed by atoms with Crippen LogP contribution in [0.4, 0.5) is 0 Å². The summed E-state index contributed by atoms with van der Waals surface area (Å²) in [6, 6.07) is 31.1. The third kappa shape index (κ3) is 5.34. The average molecular weight is 519 g/mol. The largest absolute Gasteiger partial charge is 0.385 e. The Morgan fingerprint density at radius 1 is 0.811 bits per heavy atom. The fourth-order valence-corrected chi connectivity index (χ4v) is 6.42. The first kappa shape index (κ1) is 27.4. The lowest BCUT2D eigenvalue weighted by Gasteiger charge is -2.46. The van der Waals surface area contributed by atoms with Crippen LogP contribution in [0.2, 0.25) is 0 Å². The monoisotopic (exact) mass is 518 g/mol. The molecule has 0 aromatic heterocycles. The van der Waals surface area contributed by atoms with Gasteiger partial charge in [0, 0.05) is 32.2 Å². The van der Waals surface area contributed by atoms with E-state index in [0.717, 1.165) is 75.0 Å². The molecule has 3 aromatic carbocycles. The lowest BCUT2D eigenvalue weighted by atomic mass is 9.71. The van der Waals surface area contributed by atoms with Crippen LogP contribution >= 0.6 is 12.4 Å². The Bertz CT molecular complexity index is 1080. The van der Waals surface area contributed by atoms with E-state index in [2.05, 4.69) is 41.0 Å². The zero-order chi connectivity index (χ0) is 25.0. The number of aliphatic hydroxyl groups is 1. The van der Waals surface area contributed by atoms with Crippen molar-refractivity contribution in [3.8, 4) is 0 Å². The molecule has 0 bridgehead atoms. The summed E-state index contributed by atoms with van der Waals surface area (Å²) in [5.74, 6) is 0.220. The van der Waals surface area contributed by atoms with Crippen LogP contribution in [0.25, 0.3) is 0 Å². The van der Waals surface area contributed by atoms with E-state index in [1.54, 1.807) is 0 Å². The van der Waals surface area contributed by atoms with Crippen molar-refractivity contribution in [2.24, 2.45) is 0 Å². The van der Waals surface area contributed by atoms with Gasteiger partial charge in [-0.1, -0.05) is 97.9 Å². The molecular weight excluding hydrogens is 480 g/mol. The summed E-state index contributed by atoms with van der Waals surface area (Å²) >= 11 is 0. The van der Waals surface area contributed by atoms with Gasteiger partial charge in [0.2, 0.25) is 5.91 Å². The molecule has 4 nitrogen and oxygen atoms in total. The predicted octanol–water partition coefficient (Wildman–Crippen LogP) is 5.78. The quantitative estimate of drug-likeness (QED) is 0.450. The summed E-state index contributed by atoms with van der Waals surface area (Å²) < 4.78 is 0. The minimum Gasteiger partial charge on any atom is -0.385 e. The maximum Gasteiger partial charge on any atom is 0.237 e. The van der Waals surface area contributed by atoms with Crippen molar-refractivity contribution >= 4 is 18.3 Å². The second kappa shape index (κ2) is 11.8. The van der Waals surface area contributed by atoms with Gasteiger partial charge in [-0.05, 0) is 48.8 Å². The lowest BCUT2D eigenvalue weighted by molar-refractivity contribution is -0.138. The van der Waals surface area contributed by atoms with E-state index in [1.165, 1.54) is 0 Å². The molecule has 5 rings (SSSR count). The number of amides is 1. The zero-order valence-electron chi connectivity index (χ0n) is 21.8. The molecule has 0 atom stereocenters. The molecule has 2 saturated heterocycles. The Kier molecular flexibility index (Phi) is 8.74. The Labute approximate surface area is 227 Å². The smallest absolute Gasteiger partial charge is 0.237 e. The van der Waals surface area contributed by atoms with E-state index < -0.39 is 11.0 Å². The van der Waals surface area contributed by atoms with Gasteiger partial charge in [0.25, 0.3) is 0 Å². The van der Waals surface area contributed by atoms with Crippen molar-refractivity contribution in [1.82, 2.24) is 9.80 Å². The summed E-state index contributed by atoms with van der Waals surface area (Å²) in [6.07, 6.45) is 4.22. The Balaban J connectivity index is 0.00000320. The number of halogens is 1. The second-order valence-corrected chi connectivity index (χ2v) is 10.4. The lowest BCUT2D eigenvalue weighted by Crippen LogP contribution is -2.54. The van der Waals surface area contributed by atoms with Crippen molar-refractivity contribution in [2.45, 2.75) is 56.1 Å². The fraction of sp³-hybridized carbons (Fsp3) is 0.406. The van der Waals surface area contributed by atoms with Crippen LogP contribution in [0.3, 0.4) is 0 Å². The SMILES string of the molecule is CCC(C(=O)N1CCC(N2CCC(O)(c3ccccc3)CC2)CC1)(c1ccccc1)c1ccccc1.Cl. The van der Waals surface area contributed by atoms with Crippen molar-refractivity contribution in [3.05, 3.63) is 108 Å². The van der Waals surface area contributed by atoms with Gasteiger partial charge in [0.05, 0.1) is 11.0 Å². The molecule has 3 aromatic rings. The molecule has 0 aliphatic carbocycles. The average Bonchev–Trinajstić information content (AvgIpc) is 2.96. The summed E-state index contributed by atoms with van der Waals surface area (Å²) in [5.41, 5.74) is 1.79. The normalized spacial score (nSPS) is 18.7. The molecule has 2 fully saturated rings. The highest BCUT2D eigenvalue weighted by molar-refractivity contribution is 5.92. The molecule has 0 unspecified atom stereocenters. The number of nitrogens with zero attached hydrogens (tertiary/aromatic N) is 2. The van der Waals surface area contributed by atoms with E-state index in [0.29, 0.717) is 6.04 Å². The van der Waals surface area contributed by atoms with Crippen LogP contribution in [0.5, 0.6) is 0 Å². The van der Waals surface area contributed by atoms with Crippen molar-refractivity contribution in [3.63, 3.8) is 0 Å². The Morgan fingerprint density at radius 2 is 1.27 bits per heavy atom. The van der Waals surface area contributed by atoms with Gasteiger partial charge in [0.15, 0.2) is 0 Å². The van der Waals surface area contributed by atoms with Gasteiger partial charge < -0.3 is 14.9 Å². The molecule has 0 spiro atoms. The van der Waals surface area contributed by atoms with Gasteiger partial charge in [-0.3, -0.25) is 4.79 Å². The third-order valence-electron chi connectivity index (χ3n) is 8.63. The molecule has 1 N–H and O–H groups in total. The molecular formula is C32H39ClN2O2. The highest BCUT2D eigenvalue weighted by Gasteiger charge is 2.44. The van der Waals surface area contributed by atoms with Crippen molar-refractivity contribution in [2.75, 3.05) is 26.2 Å². The van der Waals surface area contributed by atoms with E-state index in [4.69, 9.17) is 0 Å². The van der Waals surface area contributed by atoms with Gasteiger partial charge in [-0.2, -0.15) is 0 Å². The molecule has 37 heavy (non-hydrogen) atoms. The summed E-state index contributed by atoms with van der Waals surface area (Å²) in [5, 5.41) is 11.2. The third-order valence-corrected chi connectivity index (χ3v) is 8.63. The second-order valence-electron chi connectivity index (χ2n) is 10.4. The Morgan fingerprint density at radius 3 is 1.73 bits per heavy atom. The van der Waals surface area contributed by atoms with Crippen LogP contribution < -0.4 is 0 Å². The van der Waals surface area contributed by atoms with Crippen molar-refractivity contribution < 1.29 is 9.90 Å². The fourth-order valence-electron chi connectivity index (χ4n) is 6.42. The van der Waals surface area contributed by atoms with Crippen LogP contribution in [-0.2, 0) is 15.8 Å².